The van der Waals surface area contributed by atoms with Crippen LogP contribution in [0.15, 0.2) is 5.38 Å². The molecule has 1 aromatic heterocycles. The zero-order chi connectivity index (χ0) is 14.0. The quantitative estimate of drug-likeness (QED) is 0.789. The number of hydrogen-bond donors (Lipinski definition) is 2. The molecule has 1 aromatic rings. The molecule has 2 rings (SSSR count). The summed E-state index contributed by atoms with van der Waals surface area (Å²) in [6, 6.07) is 0. The number of carboxylic acids is 1. The van der Waals surface area contributed by atoms with E-state index >= 15 is 0 Å². The van der Waals surface area contributed by atoms with Crippen LogP contribution in [0, 0.1) is 5.92 Å². The van der Waals surface area contributed by atoms with Gasteiger partial charge in [0, 0.05) is 24.8 Å². The number of nitrogens with two attached hydrogens (primary N) is 1. The smallest absolute Gasteiger partial charge is 0.303 e. The van der Waals surface area contributed by atoms with Gasteiger partial charge in [-0.2, -0.15) is 0 Å². The van der Waals surface area contributed by atoms with Crippen LogP contribution in [0.5, 0.6) is 0 Å². The van der Waals surface area contributed by atoms with Gasteiger partial charge in [-0.05, 0) is 0 Å². The standard InChI is InChI=1S/C11H13N3O4S/c12-10(18)6-3-8(15)14(4-6)11-13-7(5-19-11)1-2-9(16)17/h5-6H,1-4H2,(H2,12,18)(H,16,17). The van der Waals surface area contributed by atoms with Crippen LogP contribution in [-0.2, 0) is 20.8 Å². The molecule has 0 aliphatic carbocycles. The Balaban J connectivity index is 2.04. The molecular weight excluding hydrogens is 270 g/mol. The SMILES string of the molecule is NC(=O)C1CC(=O)N(c2nc(CCC(=O)O)cs2)C1. The summed E-state index contributed by atoms with van der Waals surface area (Å²) in [5, 5.41) is 10.8. The van der Waals surface area contributed by atoms with Crippen LogP contribution in [0.25, 0.3) is 0 Å². The molecule has 19 heavy (non-hydrogen) atoms. The monoisotopic (exact) mass is 283 g/mol. The number of carbonyl (C=O) groups is 3. The predicted octanol–water partition coefficient (Wildman–Crippen LogP) is -0.00150. The molecule has 0 spiro atoms. The Morgan fingerprint density at radius 1 is 1.58 bits per heavy atom. The number of anilines is 1. The third-order valence-corrected chi connectivity index (χ3v) is 3.81. The highest BCUT2D eigenvalue weighted by Crippen LogP contribution is 2.28. The van der Waals surface area contributed by atoms with Gasteiger partial charge in [-0.3, -0.25) is 19.3 Å². The molecular formula is C11H13N3O4S. The van der Waals surface area contributed by atoms with Crippen molar-refractivity contribution in [2.75, 3.05) is 11.4 Å². The third-order valence-electron chi connectivity index (χ3n) is 2.89. The minimum Gasteiger partial charge on any atom is -0.481 e. The fourth-order valence-corrected chi connectivity index (χ4v) is 2.74. The fraction of sp³-hybridized carbons (Fsp3) is 0.455. The number of thiazole rings is 1. The van der Waals surface area contributed by atoms with E-state index in [0.29, 0.717) is 17.2 Å². The van der Waals surface area contributed by atoms with Gasteiger partial charge in [-0.1, -0.05) is 0 Å². The van der Waals surface area contributed by atoms with Crippen molar-refractivity contribution in [3.05, 3.63) is 11.1 Å². The van der Waals surface area contributed by atoms with Crippen molar-refractivity contribution in [3.8, 4) is 0 Å². The number of aliphatic carboxylic acids is 1. The summed E-state index contributed by atoms with van der Waals surface area (Å²) in [6.07, 6.45) is 0.438. The summed E-state index contributed by atoms with van der Waals surface area (Å²) < 4.78 is 0. The molecule has 0 aromatic carbocycles. The molecule has 0 radical (unpaired) electrons. The Labute approximate surface area is 113 Å². The summed E-state index contributed by atoms with van der Waals surface area (Å²) in [4.78, 5) is 38.9. The van der Waals surface area contributed by atoms with Gasteiger partial charge in [0.2, 0.25) is 11.8 Å². The van der Waals surface area contributed by atoms with Crippen molar-refractivity contribution < 1.29 is 19.5 Å². The maximum Gasteiger partial charge on any atom is 0.303 e. The van der Waals surface area contributed by atoms with E-state index < -0.39 is 17.8 Å². The number of aryl methyl sites for hydroxylation is 1. The van der Waals surface area contributed by atoms with E-state index in [2.05, 4.69) is 4.98 Å². The zero-order valence-electron chi connectivity index (χ0n) is 10.0. The maximum absolute atomic E-state index is 11.8. The number of hydrogen-bond acceptors (Lipinski definition) is 5. The first-order valence-corrected chi connectivity index (χ1v) is 6.61. The highest BCUT2D eigenvalue weighted by Gasteiger charge is 2.35. The Kier molecular flexibility index (Phi) is 3.79. The van der Waals surface area contributed by atoms with Crippen LogP contribution in [-0.4, -0.2) is 34.4 Å². The Hall–Kier alpha value is -1.96. The highest BCUT2D eigenvalue weighted by molar-refractivity contribution is 7.14. The van der Waals surface area contributed by atoms with Crippen molar-refractivity contribution in [2.45, 2.75) is 19.3 Å². The minimum atomic E-state index is -0.888. The number of rotatable bonds is 5. The Bertz CT molecular complexity index is 528. The molecule has 1 fully saturated rings. The average molecular weight is 283 g/mol. The van der Waals surface area contributed by atoms with Gasteiger partial charge >= 0.3 is 5.97 Å². The molecule has 1 unspecified atom stereocenters. The lowest BCUT2D eigenvalue weighted by Gasteiger charge is -2.11. The molecule has 102 valence electrons. The second-order valence-corrected chi connectivity index (χ2v) is 5.16. The minimum absolute atomic E-state index is 0.00102. The van der Waals surface area contributed by atoms with Crippen LogP contribution >= 0.6 is 11.3 Å². The molecule has 2 amide bonds. The Morgan fingerprint density at radius 3 is 2.89 bits per heavy atom. The number of amides is 2. The van der Waals surface area contributed by atoms with Gasteiger partial charge in [-0.25, -0.2) is 4.98 Å². The average Bonchev–Trinajstić information content (AvgIpc) is 2.92. The van der Waals surface area contributed by atoms with E-state index in [4.69, 9.17) is 10.8 Å². The lowest BCUT2D eigenvalue weighted by molar-refractivity contribution is -0.137. The number of aromatic nitrogens is 1. The van der Waals surface area contributed by atoms with E-state index in [1.807, 2.05) is 0 Å². The largest absolute Gasteiger partial charge is 0.481 e. The first-order chi connectivity index (χ1) is 8.97. The molecule has 0 bridgehead atoms. The zero-order valence-corrected chi connectivity index (χ0v) is 10.9. The van der Waals surface area contributed by atoms with Gasteiger partial charge in [-0.15, -0.1) is 11.3 Å². The van der Waals surface area contributed by atoms with Crippen molar-refractivity contribution in [2.24, 2.45) is 11.7 Å². The summed E-state index contributed by atoms with van der Waals surface area (Å²) in [6.45, 7) is 0.250. The van der Waals surface area contributed by atoms with E-state index in [0.717, 1.165) is 0 Å². The molecule has 1 atom stereocenters. The van der Waals surface area contributed by atoms with Crippen molar-refractivity contribution in [1.29, 1.82) is 0 Å². The Morgan fingerprint density at radius 2 is 2.32 bits per heavy atom. The number of primary amides is 1. The second kappa shape index (κ2) is 5.35. The predicted molar refractivity (Wildman–Crippen MR) is 67.7 cm³/mol. The topological polar surface area (TPSA) is 114 Å². The first-order valence-electron chi connectivity index (χ1n) is 5.73. The van der Waals surface area contributed by atoms with Gasteiger partial charge in [0.1, 0.15) is 0 Å². The van der Waals surface area contributed by atoms with E-state index in [9.17, 15) is 14.4 Å². The number of carboxylic acid groups (broad SMARTS) is 1. The lowest BCUT2D eigenvalue weighted by atomic mass is 10.1. The summed E-state index contributed by atoms with van der Waals surface area (Å²) in [7, 11) is 0. The molecule has 7 nitrogen and oxygen atoms in total. The van der Waals surface area contributed by atoms with Crippen molar-refractivity contribution in [3.63, 3.8) is 0 Å². The van der Waals surface area contributed by atoms with Gasteiger partial charge in [0.25, 0.3) is 0 Å². The lowest BCUT2D eigenvalue weighted by Crippen LogP contribution is -2.28. The molecule has 1 saturated heterocycles. The first kappa shape index (κ1) is 13.5. The number of nitrogens with zero attached hydrogens (tertiary/aromatic N) is 2. The molecule has 0 saturated carbocycles. The molecule has 1 aliphatic heterocycles. The van der Waals surface area contributed by atoms with Crippen molar-refractivity contribution in [1.82, 2.24) is 4.98 Å². The second-order valence-electron chi connectivity index (χ2n) is 4.32. The summed E-state index contributed by atoms with van der Waals surface area (Å²) >= 11 is 1.26. The van der Waals surface area contributed by atoms with Crippen LogP contribution in [0.3, 0.4) is 0 Å². The molecule has 2 heterocycles. The highest BCUT2D eigenvalue weighted by atomic mass is 32.1. The molecule has 1 aliphatic rings. The van der Waals surface area contributed by atoms with Crippen LogP contribution in [0.4, 0.5) is 5.13 Å². The van der Waals surface area contributed by atoms with Crippen molar-refractivity contribution >= 4 is 34.3 Å². The summed E-state index contributed by atoms with van der Waals surface area (Å²) in [5.41, 5.74) is 5.82. The number of carbonyl (C=O) groups excluding carboxylic acids is 2. The summed E-state index contributed by atoms with van der Waals surface area (Å²) in [5.74, 6) is -2.03. The maximum atomic E-state index is 11.8. The van der Waals surface area contributed by atoms with E-state index in [1.54, 1.807) is 5.38 Å². The van der Waals surface area contributed by atoms with Gasteiger partial charge in [0.15, 0.2) is 5.13 Å². The van der Waals surface area contributed by atoms with E-state index in [-0.39, 0.29) is 25.3 Å². The van der Waals surface area contributed by atoms with Gasteiger partial charge in [0.05, 0.1) is 18.0 Å². The van der Waals surface area contributed by atoms with Crippen LogP contribution in [0.2, 0.25) is 0 Å². The van der Waals surface area contributed by atoms with Crippen LogP contribution < -0.4 is 10.6 Å². The van der Waals surface area contributed by atoms with E-state index in [1.165, 1.54) is 16.2 Å². The molecule has 3 N–H and O–H groups in total. The molecule has 8 heteroatoms. The third kappa shape index (κ3) is 3.08. The van der Waals surface area contributed by atoms with Gasteiger partial charge < -0.3 is 10.8 Å². The fourth-order valence-electron chi connectivity index (χ4n) is 1.85. The normalized spacial score (nSPS) is 18.8. The van der Waals surface area contributed by atoms with Crippen LogP contribution in [0.1, 0.15) is 18.5 Å².